The van der Waals surface area contributed by atoms with Gasteiger partial charge in [-0.05, 0) is 16.7 Å². The normalized spacial score (nSPS) is 27.4. The van der Waals surface area contributed by atoms with Crippen LogP contribution >= 0.6 is 0 Å². The average Bonchev–Trinajstić information content (AvgIpc) is 2.86. The Hall–Kier alpha value is -2.50. The zero-order valence-electron chi connectivity index (χ0n) is 19.4. The minimum Gasteiger partial charge on any atom is -0.390 e. The van der Waals surface area contributed by atoms with Crippen LogP contribution in [-0.4, -0.2) is 29.5 Å². The van der Waals surface area contributed by atoms with Gasteiger partial charge >= 0.3 is 0 Å². The van der Waals surface area contributed by atoms with Crippen LogP contribution in [0.4, 0.5) is 0 Å². The number of hydrogen-bond acceptors (Lipinski definition) is 4. The van der Waals surface area contributed by atoms with Crippen LogP contribution in [0.3, 0.4) is 0 Å². The molecular formula is C29H34O4. The largest absolute Gasteiger partial charge is 0.390 e. The summed E-state index contributed by atoms with van der Waals surface area (Å²) in [6.07, 6.45) is -1.56. The number of rotatable bonds is 9. The molecule has 0 amide bonds. The van der Waals surface area contributed by atoms with Gasteiger partial charge in [0.15, 0.2) is 0 Å². The lowest BCUT2D eigenvalue weighted by molar-refractivity contribution is -0.224. The molecule has 4 heteroatoms. The summed E-state index contributed by atoms with van der Waals surface area (Å²) in [5.74, 6) is -0.0299. The molecule has 4 rings (SSSR count). The zero-order valence-corrected chi connectivity index (χ0v) is 19.4. The molecule has 174 valence electrons. The SMILES string of the molecule is C[C@@H]1C(OCc2ccccc2)C(OCc2ccccc2)[C@H](O)[C@H](C)C1OCc1ccccc1. The van der Waals surface area contributed by atoms with Crippen molar-refractivity contribution in [3.8, 4) is 0 Å². The van der Waals surface area contributed by atoms with E-state index < -0.39 is 12.2 Å². The van der Waals surface area contributed by atoms with E-state index in [0.29, 0.717) is 19.8 Å². The van der Waals surface area contributed by atoms with E-state index in [1.165, 1.54) is 0 Å². The van der Waals surface area contributed by atoms with E-state index in [1.54, 1.807) is 0 Å². The van der Waals surface area contributed by atoms with E-state index in [9.17, 15) is 5.11 Å². The molecule has 0 spiro atoms. The van der Waals surface area contributed by atoms with Crippen molar-refractivity contribution in [1.82, 2.24) is 0 Å². The minimum atomic E-state index is -0.688. The van der Waals surface area contributed by atoms with Crippen LogP contribution in [0, 0.1) is 11.8 Å². The third kappa shape index (κ3) is 6.10. The Bertz CT molecular complexity index is 947. The van der Waals surface area contributed by atoms with Gasteiger partial charge in [0.2, 0.25) is 0 Å². The number of hydrogen-bond donors (Lipinski definition) is 1. The first kappa shape index (κ1) is 23.7. The predicted molar refractivity (Wildman–Crippen MR) is 129 cm³/mol. The minimum absolute atomic E-state index is 0.0524. The van der Waals surface area contributed by atoms with E-state index in [2.05, 4.69) is 31.2 Å². The van der Waals surface area contributed by atoms with Crippen LogP contribution in [-0.2, 0) is 34.0 Å². The molecular weight excluding hydrogens is 412 g/mol. The fourth-order valence-electron chi connectivity index (χ4n) is 4.70. The molecule has 6 atom stereocenters. The maximum atomic E-state index is 11.3. The topological polar surface area (TPSA) is 47.9 Å². The van der Waals surface area contributed by atoms with Crippen molar-refractivity contribution in [1.29, 1.82) is 0 Å². The fraction of sp³-hybridized carbons (Fsp3) is 0.379. The third-order valence-electron chi connectivity index (χ3n) is 6.61. The van der Waals surface area contributed by atoms with Crippen molar-refractivity contribution in [2.24, 2.45) is 11.8 Å². The molecule has 0 saturated heterocycles. The Labute approximate surface area is 197 Å². The smallest absolute Gasteiger partial charge is 0.111 e. The second-order valence-electron chi connectivity index (χ2n) is 8.99. The van der Waals surface area contributed by atoms with Crippen molar-refractivity contribution >= 4 is 0 Å². The molecule has 1 fully saturated rings. The molecule has 0 radical (unpaired) electrons. The molecule has 1 aliphatic rings. The maximum absolute atomic E-state index is 11.3. The van der Waals surface area contributed by atoms with Crippen LogP contribution < -0.4 is 0 Å². The number of aliphatic hydroxyl groups excluding tert-OH is 1. The Morgan fingerprint density at radius 2 is 0.879 bits per heavy atom. The summed E-state index contributed by atoms with van der Waals surface area (Å²) in [6.45, 7) is 5.60. The summed E-state index contributed by atoms with van der Waals surface area (Å²) in [5, 5.41) is 11.3. The van der Waals surface area contributed by atoms with Crippen molar-refractivity contribution in [2.45, 2.75) is 58.1 Å². The Balaban J connectivity index is 1.49. The molecule has 4 nitrogen and oxygen atoms in total. The first-order chi connectivity index (χ1) is 16.1. The Kier molecular flexibility index (Phi) is 8.30. The lowest BCUT2D eigenvalue weighted by Crippen LogP contribution is -2.59. The molecule has 3 aromatic rings. The van der Waals surface area contributed by atoms with E-state index in [1.807, 2.05) is 73.7 Å². The van der Waals surface area contributed by atoms with Gasteiger partial charge in [-0.3, -0.25) is 0 Å². The molecule has 33 heavy (non-hydrogen) atoms. The monoisotopic (exact) mass is 446 g/mol. The Morgan fingerprint density at radius 1 is 0.515 bits per heavy atom. The Morgan fingerprint density at radius 3 is 1.30 bits per heavy atom. The second kappa shape index (κ2) is 11.6. The van der Waals surface area contributed by atoms with Gasteiger partial charge in [-0.2, -0.15) is 0 Å². The van der Waals surface area contributed by atoms with Gasteiger partial charge in [0.1, 0.15) is 6.10 Å². The molecule has 1 saturated carbocycles. The van der Waals surface area contributed by atoms with Gasteiger partial charge in [0.05, 0.1) is 38.1 Å². The van der Waals surface area contributed by atoms with E-state index in [-0.39, 0.29) is 24.0 Å². The van der Waals surface area contributed by atoms with Gasteiger partial charge in [-0.1, -0.05) is 105 Å². The summed E-state index contributed by atoms with van der Waals surface area (Å²) in [7, 11) is 0. The highest BCUT2D eigenvalue weighted by Gasteiger charge is 2.48. The highest BCUT2D eigenvalue weighted by atomic mass is 16.6. The number of benzene rings is 3. The number of aliphatic hydroxyl groups is 1. The lowest BCUT2D eigenvalue weighted by Gasteiger charge is -2.47. The quantitative estimate of drug-likeness (QED) is 0.479. The molecule has 1 aliphatic carbocycles. The lowest BCUT2D eigenvalue weighted by atomic mass is 9.74. The van der Waals surface area contributed by atoms with Crippen LogP contribution in [0.1, 0.15) is 30.5 Å². The van der Waals surface area contributed by atoms with Gasteiger partial charge in [0, 0.05) is 11.8 Å². The summed E-state index contributed by atoms with van der Waals surface area (Å²) in [5.41, 5.74) is 3.30. The van der Waals surface area contributed by atoms with Gasteiger partial charge in [-0.15, -0.1) is 0 Å². The van der Waals surface area contributed by atoms with E-state index in [4.69, 9.17) is 14.2 Å². The van der Waals surface area contributed by atoms with E-state index in [0.717, 1.165) is 16.7 Å². The summed E-state index contributed by atoms with van der Waals surface area (Å²) >= 11 is 0. The van der Waals surface area contributed by atoms with Crippen LogP contribution in [0.25, 0.3) is 0 Å². The summed E-state index contributed by atoms with van der Waals surface area (Å²) in [6, 6.07) is 30.3. The van der Waals surface area contributed by atoms with Crippen molar-refractivity contribution in [3.05, 3.63) is 108 Å². The van der Waals surface area contributed by atoms with Gasteiger partial charge in [0.25, 0.3) is 0 Å². The molecule has 0 bridgehead atoms. The summed E-state index contributed by atoms with van der Waals surface area (Å²) in [4.78, 5) is 0. The van der Waals surface area contributed by atoms with E-state index >= 15 is 0 Å². The zero-order chi connectivity index (χ0) is 23.0. The van der Waals surface area contributed by atoms with Crippen molar-refractivity contribution < 1.29 is 19.3 Å². The van der Waals surface area contributed by atoms with Crippen LogP contribution in [0.2, 0.25) is 0 Å². The first-order valence-corrected chi connectivity index (χ1v) is 11.8. The van der Waals surface area contributed by atoms with Crippen LogP contribution in [0.5, 0.6) is 0 Å². The fourth-order valence-corrected chi connectivity index (χ4v) is 4.70. The molecule has 3 unspecified atom stereocenters. The van der Waals surface area contributed by atoms with Gasteiger partial charge in [-0.25, -0.2) is 0 Å². The van der Waals surface area contributed by atoms with Crippen molar-refractivity contribution in [3.63, 3.8) is 0 Å². The maximum Gasteiger partial charge on any atom is 0.111 e. The summed E-state index contributed by atoms with van der Waals surface area (Å²) < 4.78 is 19.1. The standard InChI is InChI=1S/C29H34O4/c1-21-26(30)29(33-20-25-16-10-5-11-17-25)28(32-19-24-14-8-4-9-15-24)22(2)27(21)31-18-23-12-6-3-7-13-23/h3-17,21-22,26-30H,18-20H2,1-2H3/t21-,22-,26+,27?,28?,29?/m0/s1. The number of ether oxygens (including phenoxy) is 3. The second-order valence-corrected chi connectivity index (χ2v) is 8.99. The van der Waals surface area contributed by atoms with Crippen molar-refractivity contribution in [2.75, 3.05) is 0 Å². The van der Waals surface area contributed by atoms with Crippen LogP contribution in [0.15, 0.2) is 91.0 Å². The molecule has 0 aliphatic heterocycles. The molecule has 1 N–H and O–H groups in total. The van der Waals surface area contributed by atoms with Gasteiger partial charge < -0.3 is 19.3 Å². The third-order valence-corrected chi connectivity index (χ3v) is 6.61. The highest BCUT2D eigenvalue weighted by molar-refractivity contribution is 5.15. The average molecular weight is 447 g/mol. The predicted octanol–water partition coefficient (Wildman–Crippen LogP) is 5.39. The first-order valence-electron chi connectivity index (χ1n) is 11.8. The molecule has 0 heterocycles. The molecule has 0 aromatic heterocycles. The highest BCUT2D eigenvalue weighted by Crippen LogP contribution is 2.37. The molecule has 3 aromatic carbocycles.